The molecule has 10 heteroatoms. The van der Waals surface area contributed by atoms with Gasteiger partial charge in [0, 0.05) is 6.42 Å². The molecule has 1 N–H and O–H groups in total. The lowest BCUT2D eigenvalue weighted by Gasteiger charge is -2.16. The zero-order valence-electron chi connectivity index (χ0n) is 14.2. The van der Waals surface area contributed by atoms with Crippen molar-refractivity contribution in [2.45, 2.75) is 12.5 Å². The molecule has 1 amide bonds. The lowest BCUT2D eigenvalue weighted by atomic mass is 10.1. The van der Waals surface area contributed by atoms with Crippen LogP contribution in [0.4, 0.5) is 5.88 Å². The molecular weight excluding hydrogens is 360 g/mol. The van der Waals surface area contributed by atoms with E-state index in [0.29, 0.717) is 0 Å². The minimum absolute atomic E-state index is 0.192. The van der Waals surface area contributed by atoms with E-state index in [4.69, 9.17) is 4.74 Å². The molecule has 0 saturated heterocycles. The highest BCUT2D eigenvalue weighted by Gasteiger charge is 2.24. The summed E-state index contributed by atoms with van der Waals surface area (Å²) in [5, 5.41) is 12.9. The molecule has 0 bridgehead atoms. The predicted molar refractivity (Wildman–Crippen MR) is 89.7 cm³/mol. The summed E-state index contributed by atoms with van der Waals surface area (Å²) in [6.45, 7) is -0.699. The van der Waals surface area contributed by atoms with Gasteiger partial charge in [-0.25, -0.2) is 9.59 Å². The van der Waals surface area contributed by atoms with Crippen molar-refractivity contribution in [2.75, 3.05) is 13.7 Å². The van der Waals surface area contributed by atoms with Crippen LogP contribution in [0.5, 0.6) is 0 Å². The molecule has 0 aliphatic heterocycles. The molecule has 0 spiro atoms. The summed E-state index contributed by atoms with van der Waals surface area (Å²) < 4.78 is 14.1. The van der Waals surface area contributed by atoms with Crippen molar-refractivity contribution in [3.63, 3.8) is 0 Å². The number of methoxy groups -OCH3 is 1. The molecule has 0 unspecified atom stereocenters. The van der Waals surface area contributed by atoms with Gasteiger partial charge in [-0.15, -0.1) is 0 Å². The van der Waals surface area contributed by atoms with Crippen LogP contribution >= 0.6 is 0 Å². The van der Waals surface area contributed by atoms with Gasteiger partial charge in [0.25, 0.3) is 5.91 Å². The van der Waals surface area contributed by atoms with E-state index in [-0.39, 0.29) is 6.42 Å². The molecule has 0 saturated carbocycles. The molecule has 27 heavy (non-hydrogen) atoms. The third-order valence-corrected chi connectivity index (χ3v) is 3.41. The van der Waals surface area contributed by atoms with E-state index >= 15 is 0 Å². The molecule has 0 fully saturated rings. The lowest BCUT2D eigenvalue weighted by Crippen LogP contribution is -2.44. The number of rotatable bonds is 8. The minimum Gasteiger partial charge on any atom is -0.467 e. The number of nitrogens with one attached hydrogen (secondary N) is 1. The first kappa shape index (κ1) is 19.6. The standard InChI is InChI=1S/C17H16N2O8/c1-25-16(21)12(9-11-5-3-2-4-6-11)18-14(20)10-26-17(22)13-7-8-15(27-13)19(23)24/h2-8,12H,9-10H2,1H3,(H,18,20)/t12-/m0/s1. The zero-order valence-corrected chi connectivity index (χ0v) is 14.2. The summed E-state index contributed by atoms with van der Waals surface area (Å²) >= 11 is 0. The van der Waals surface area contributed by atoms with Crippen molar-refractivity contribution in [3.05, 3.63) is 63.9 Å². The number of amides is 1. The number of esters is 2. The fourth-order valence-electron chi connectivity index (χ4n) is 2.16. The Bertz CT molecular complexity index is 830. The van der Waals surface area contributed by atoms with E-state index in [1.165, 1.54) is 7.11 Å². The Hall–Kier alpha value is -3.69. The Labute approximate surface area is 153 Å². The second-order valence-corrected chi connectivity index (χ2v) is 5.30. The first-order valence-corrected chi connectivity index (χ1v) is 7.73. The van der Waals surface area contributed by atoms with Crippen LogP contribution in [0.15, 0.2) is 46.9 Å². The van der Waals surface area contributed by atoms with E-state index < -0.39 is 47.1 Å². The van der Waals surface area contributed by atoms with Crippen LogP contribution in [0.1, 0.15) is 16.1 Å². The number of carbonyl (C=O) groups is 3. The summed E-state index contributed by atoms with van der Waals surface area (Å²) in [7, 11) is 1.19. The maximum atomic E-state index is 12.0. The summed E-state index contributed by atoms with van der Waals surface area (Å²) in [6, 6.07) is 10.0. The fourth-order valence-corrected chi connectivity index (χ4v) is 2.16. The highest BCUT2D eigenvalue weighted by atomic mass is 16.7. The number of benzene rings is 1. The quantitative estimate of drug-likeness (QED) is 0.413. The minimum atomic E-state index is -1.05. The molecule has 142 valence electrons. The highest BCUT2D eigenvalue weighted by Crippen LogP contribution is 2.16. The molecule has 10 nitrogen and oxygen atoms in total. The second-order valence-electron chi connectivity index (χ2n) is 5.30. The van der Waals surface area contributed by atoms with Crippen LogP contribution in [-0.4, -0.2) is 42.5 Å². The molecule has 2 rings (SSSR count). The van der Waals surface area contributed by atoms with Crippen molar-refractivity contribution in [1.82, 2.24) is 5.32 Å². The Balaban J connectivity index is 1.91. The van der Waals surface area contributed by atoms with Gasteiger partial charge in [-0.3, -0.25) is 14.9 Å². The molecular formula is C17H16N2O8. The van der Waals surface area contributed by atoms with Crippen molar-refractivity contribution in [1.29, 1.82) is 0 Å². The second kappa shape index (κ2) is 9.13. The molecule has 1 aromatic carbocycles. The van der Waals surface area contributed by atoms with Gasteiger partial charge in [-0.05, 0) is 11.6 Å². The molecule has 1 atom stereocenters. The van der Waals surface area contributed by atoms with E-state index in [2.05, 4.69) is 14.5 Å². The van der Waals surface area contributed by atoms with Gasteiger partial charge in [0.1, 0.15) is 11.0 Å². The maximum Gasteiger partial charge on any atom is 0.433 e. The summed E-state index contributed by atoms with van der Waals surface area (Å²) in [5.74, 6) is -3.48. The average molecular weight is 376 g/mol. The summed E-state index contributed by atoms with van der Waals surface area (Å²) in [5.41, 5.74) is 0.799. The van der Waals surface area contributed by atoms with Gasteiger partial charge in [0.15, 0.2) is 6.61 Å². The SMILES string of the molecule is COC(=O)[C@H](Cc1ccccc1)NC(=O)COC(=O)c1ccc([N+](=O)[O-])o1. The van der Waals surface area contributed by atoms with Crippen molar-refractivity contribution in [2.24, 2.45) is 0 Å². The van der Waals surface area contributed by atoms with E-state index in [0.717, 1.165) is 17.7 Å². The molecule has 0 aliphatic carbocycles. The van der Waals surface area contributed by atoms with Gasteiger partial charge in [0.2, 0.25) is 5.76 Å². The van der Waals surface area contributed by atoms with Crippen molar-refractivity contribution < 1.29 is 33.2 Å². The predicted octanol–water partition coefficient (Wildman–Crippen LogP) is 1.25. The first-order valence-electron chi connectivity index (χ1n) is 7.73. The smallest absolute Gasteiger partial charge is 0.433 e. The Kier molecular flexibility index (Phi) is 6.64. The molecule has 0 aliphatic rings. The van der Waals surface area contributed by atoms with Gasteiger partial charge >= 0.3 is 17.8 Å². The monoisotopic (exact) mass is 376 g/mol. The van der Waals surface area contributed by atoms with Crippen LogP contribution in [0.3, 0.4) is 0 Å². The normalized spacial score (nSPS) is 11.3. The molecule has 1 heterocycles. The number of ether oxygens (including phenoxy) is 2. The Morgan fingerprint density at radius 1 is 1.19 bits per heavy atom. The number of carbonyl (C=O) groups excluding carboxylic acids is 3. The van der Waals surface area contributed by atoms with Gasteiger partial charge in [-0.2, -0.15) is 0 Å². The topological polar surface area (TPSA) is 138 Å². The summed E-state index contributed by atoms with van der Waals surface area (Å²) in [4.78, 5) is 45.3. The van der Waals surface area contributed by atoms with E-state index in [9.17, 15) is 24.5 Å². The van der Waals surface area contributed by atoms with Gasteiger partial charge in [0.05, 0.1) is 13.2 Å². The molecule has 0 radical (unpaired) electrons. The van der Waals surface area contributed by atoms with Crippen LogP contribution in [-0.2, 0) is 25.5 Å². The highest BCUT2D eigenvalue weighted by molar-refractivity contribution is 5.90. The summed E-state index contributed by atoms with van der Waals surface area (Å²) in [6.07, 6.45) is 0.192. The average Bonchev–Trinajstić information content (AvgIpc) is 3.16. The lowest BCUT2D eigenvalue weighted by molar-refractivity contribution is -0.402. The van der Waals surface area contributed by atoms with Gasteiger partial charge in [-0.1, -0.05) is 30.3 Å². The van der Waals surface area contributed by atoms with Gasteiger partial charge < -0.3 is 19.2 Å². The van der Waals surface area contributed by atoms with Crippen LogP contribution in [0.25, 0.3) is 0 Å². The zero-order chi connectivity index (χ0) is 19.8. The molecule has 2 aromatic rings. The number of nitrogens with zero attached hydrogens (tertiary/aromatic N) is 1. The van der Waals surface area contributed by atoms with Crippen LogP contribution in [0, 0.1) is 10.1 Å². The molecule has 1 aromatic heterocycles. The van der Waals surface area contributed by atoms with Crippen LogP contribution < -0.4 is 5.32 Å². The van der Waals surface area contributed by atoms with Crippen molar-refractivity contribution >= 4 is 23.7 Å². The van der Waals surface area contributed by atoms with E-state index in [1.54, 1.807) is 24.3 Å². The maximum absolute atomic E-state index is 12.0. The third-order valence-electron chi connectivity index (χ3n) is 3.41. The Morgan fingerprint density at radius 3 is 2.48 bits per heavy atom. The third kappa shape index (κ3) is 5.66. The largest absolute Gasteiger partial charge is 0.467 e. The van der Waals surface area contributed by atoms with Crippen LogP contribution in [0.2, 0.25) is 0 Å². The first-order chi connectivity index (χ1) is 12.9. The number of nitro groups is 1. The van der Waals surface area contributed by atoms with Crippen molar-refractivity contribution in [3.8, 4) is 0 Å². The number of hydrogen-bond acceptors (Lipinski definition) is 8. The van der Waals surface area contributed by atoms with E-state index in [1.807, 2.05) is 6.07 Å². The number of furan rings is 1. The fraction of sp³-hybridized carbons (Fsp3) is 0.235. The number of hydrogen-bond donors (Lipinski definition) is 1. The Morgan fingerprint density at radius 2 is 1.89 bits per heavy atom.